The van der Waals surface area contributed by atoms with E-state index in [2.05, 4.69) is 4.98 Å². The molecule has 0 aliphatic carbocycles. The van der Waals surface area contributed by atoms with Crippen LogP contribution >= 0.6 is 29.1 Å². The van der Waals surface area contributed by atoms with Crippen LogP contribution in [-0.2, 0) is 13.0 Å². The van der Waals surface area contributed by atoms with Gasteiger partial charge >= 0.3 is 47.7 Å². The molecule has 0 heterocycles. The Morgan fingerprint density at radius 2 is 1.75 bits per heavy atom. The van der Waals surface area contributed by atoms with E-state index in [1.165, 1.54) is 7.11 Å². The molecule has 0 saturated heterocycles. The summed E-state index contributed by atoms with van der Waals surface area (Å²) in [6.07, 6.45) is 0. The molecule has 0 aromatic heterocycles. The maximum atomic E-state index is 8.52. The average molecular weight is 337 g/mol. The number of diazo groups is 1. The molecule has 4 nitrogen and oxygen atoms in total. The molecule has 0 atom stereocenters. The molecule has 0 fully saturated rings. The van der Waals surface area contributed by atoms with Crippen molar-refractivity contribution in [1.29, 1.82) is 5.39 Å². The Hall–Kier alpha value is -0.267. The first-order valence-electron chi connectivity index (χ1n) is 4.19. The van der Waals surface area contributed by atoms with E-state index in [0.29, 0.717) is 17.2 Å². The van der Waals surface area contributed by atoms with Gasteiger partial charge < -0.3 is 9.47 Å². The molecule has 0 unspecified atom stereocenters. The molecule has 16 heavy (non-hydrogen) atoms. The quantitative estimate of drug-likeness (QED) is 0.599. The van der Waals surface area contributed by atoms with E-state index in [-0.39, 0.29) is 0 Å². The molecule has 0 saturated carbocycles. The molecule has 0 radical (unpaired) electrons. The first-order valence-corrected chi connectivity index (χ1v) is 15.9. The molecule has 0 aliphatic rings. The zero-order valence-corrected chi connectivity index (χ0v) is 14.0. The summed E-state index contributed by atoms with van der Waals surface area (Å²) in [7, 11) is 18.1. The molecule has 8 heteroatoms. The Labute approximate surface area is 111 Å². The number of hydrogen-bond donors (Lipinski definition) is 0. The Balaban J connectivity index is 0.000000487. The zero-order chi connectivity index (χ0) is 12.6. The fourth-order valence-electron chi connectivity index (χ4n) is 0.868. The van der Waals surface area contributed by atoms with Crippen LogP contribution in [0.15, 0.2) is 18.2 Å². The summed E-state index contributed by atoms with van der Waals surface area (Å²) in [5.41, 5.74) is 0.387. The van der Waals surface area contributed by atoms with Crippen molar-refractivity contribution < 1.29 is 22.5 Å². The van der Waals surface area contributed by atoms with Gasteiger partial charge in [0, 0.05) is 12.1 Å². The second-order valence-corrected chi connectivity index (χ2v) is 16.3. The van der Waals surface area contributed by atoms with Gasteiger partial charge in [-0.3, -0.25) is 0 Å². The summed E-state index contributed by atoms with van der Waals surface area (Å²) >= 11 is -2.21. The molecule has 1 aromatic rings. The summed E-state index contributed by atoms with van der Waals surface area (Å²) in [5.74, 6) is 1.15. The number of hydrogen-bond acceptors (Lipinski definition) is 3. The van der Waals surface area contributed by atoms with Crippen LogP contribution in [0.4, 0.5) is 5.69 Å². The Kier molecular flexibility index (Phi) is 8.69. The van der Waals surface area contributed by atoms with Crippen molar-refractivity contribution in [1.82, 2.24) is 0 Å². The summed E-state index contributed by atoms with van der Waals surface area (Å²) in [6, 6.07) is 4.95. The van der Waals surface area contributed by atoms with Gasteiger partial charge in [0.25, 0.3) is 0 Å². The van der Waals surface area contributed by atoms with Gasteiger partial charge in [0.1, 0.15) is 5.75 Å². The van der Waals surface area contributed by atoms with Crippen molar-refractivity contribution in [2.24, 2.45) is 0 Å². The Morgan fingerprint density at radius 1 is 1.19 bits per heavy atom. The van der Waals surface area contributed by atoms with Gasteiger partial charge in [0.2, 0.25) is 11.1 Å². The fourth-order valence-corrected chi connectivity index (χ4v) is 0.868. The van der Waals surface area contributed by atoms with Gasteiger partial charge in [-0.25, -0.2) is 0 Å². The fraction of sp³-hybridized carbons (Fsp3) is 0.250. The van der Waals surface area contributed by atoms with Crippen molar-refractivity contribution in [2.75, 3.05) is 14.2 Å². The van der Waals surface area contributed by atoms with E-state index in [9.17, 15) is 0 Å². The number of methoxy groups -OCH3 is 2. The molecule has 0 spiro atoms. The van der Waals surface area contributed by atoms with E-state index in [1.807, 2.05) is 0 Å². The van der Waals surface area contributed by atoms with Crippen LogP contribution in [0, 0.1) is 5.39 Å². The minimum absolute atomic E-state index is 0.387. The van der Waals surface area contributed by atoms with Crippen molar-refractivity contribution in [3.8, 4) is 11.5 Å². The molecule has 0 N–H and O–H groups in total. The third kappa shape index (κ3) is 6.35. The van der Waals surface area contributed by atoms with Gasteiger partial charge in [-0.15, -0.1) is 0 Å². The van der Waals surface area contributed by atoms with E-state index in [1.54, 1.807) is 25.3 Å². The average Bonchev–Trinajstić information content (AvgIpc) is 2.27. The van der Waals surface area contributed by atoms with E-state index >= 15 is 0 Å². The zero-order valence-electron chi connectivity index (χ0n) is 8.78. The van der Waals surface area contributed by atoms with Gasteiger partial charge in [-0.05, 0) is 6.07 Å². The Morgan fingerprint density at radius 3 is 2.12 bits per heavy atom. The van der Waals surface area contributed by atoms with Crippen LogP contribution in [0.2, 0.25) is 0 Å². The summed E-state index contributed by atoms with van der Waals surface area (Å²) in [5, 5.41) is 8.52. The summed E-state index contributed by atoms with van der Waals surface area (Å²) in [4.78, 5) is 3.04. The predicted molar refractivity (Wildman–Crippen MR) is 61.8 cm³/mol. The summed E-state index contributed by atoms with van der Waals surface area (Å²) < 4.78 is 9.90. The van der Waals surface area contributed by atoms with Crippen LogP contribution in [0.3, 0.4) is 0 Å². The molecule has 1 aromatic carbocycles. The standard InChI is InChI=1S/C8H9N2O2.3ClH.Zn/c1-11-6-3-4-7(10-9)8(5-6)12-2;;;;/h3-5H,1-2H3;3*1H;/q+1;;;;+2/p-3. The number of ether oxygens (including phenoxy) is 2. The van der Waals surface area contributed by atoms with Crippen molar-refractivity contribution in [3.63, 3.8) is 0 Å². The van der Waals surface area contributed by atoms with Crippen LogP contribution < -0.4 is 9.47 Å². The molecule has 86 valence electrons. The first-order chi connectivity index (χ1) is 7.54. The van der Waals surface area contributed by atoms with Crippen LogP contribution in [0.25, 0.3) is 4.98 Å². The van der Waals surface area contributed by atoms with Crippen molar-refractivity contribution in [2.45, 2.75) is 0 Å². The van der Waals surface area contributed by atoms with Crippen LogP contribution in [-0.4, -0.2) is 14.2 Å². The normalized spacial score (nSPS) is 8.25. The predicted octanol–water partition coefficient (Wildman–Crippen LogP) is 4.25. The molecule has 0 bridgehead atoms. The summed E-state index contributed by atoms with van der Waals surface area (Å²) in [6.45, 7) is 0. The third-order valence-electron chi connectivity index (χ3n) is 1.49. The van der Waals surface area contributed by atoms with Gasteiger partial charge in [0.05, 0.1) is 14.2 Å². The van der Waals surface area contributed by atoms with E-state index < -0.39 is 13.0 Å². The van der Waals surface area contributed by atoms with Crippen molar-refractivity contribution in [3.05, 3.63) is 23.2 Å². The number of rotatable bonds is 2. The van der Waals surface area contributed by atoms with Crippen molar-refractivity contribution >= 4 is 34.8 Å². The monoisotopic (exact) mass is 334 g/mol. The second-order valence-electron chi connectivity index (χ2n) is 2.44. The second kappa shape index (κ2) is 8.84. The van der Waals surface area contributed by atoms with Gasteiger partial charge in [-0.1, -0.05) is 0 Å². The van der Waals surface area contributed by atoms with Crippen LogP contribution in [0.5, 0.6) is 11.5 Å². The van der Waals surface area contributed by atoms with Gasteiger partial charge in [-0.2, -0.15) is 0 Å². The number of halogens is 3. The SMILES string of the molecule is COc1ccc([N+]#N)c(OC)c1.[Cl][Zn-]([Cl])[Cl]. The molecule has 1 rings (SSSR count). The molecular formula is C8H9Cl3N2O2Zn. The molecular weight excluding hydrogens is 328 g/mol. The number of benzene rings is 1. The van der Waals surface area contributed by atoms with Gasteiger partial charge in [0.15, 0.2) is 4.98 Å². The topological polar surface area (TPSA) is 46.6 Å². The van der Waals surface area contributed by atoms with E-state index in [4.69, 9.17) is 43.9 Å². The first kappa shape index (κ1) is 15.7. The molecule has 0 amide bonds. The molecule has 0 aliphatic heterocycles. The number of nitrogens with zero attached hydrogens (tertiary/aromatic N) is 2. The maximum absolute atomic E-state index is 8.52. The van der Waals surface area contributed by atoms with E-state index in [0.717, 1.165) is 0 Å². The Bertz CT molecular complexity index is 368. The van der Waals surface area contributed by atoms with Crippen LogP contribution in [0.1, 0.15) is 0 Å². The third-order valence-corrected chi connectivity index (χ3v) is 1.49. The minimum atomic E-state index is -2.21.